The summed E-state index contributed by atoms with van der Waals surface area (Å²) in [5.41, 5.74) is -1.42. The largest absolute Gasteiger partial charge is 0.417 e. The maximum Gasteiger partial charge on any atom is 0.417 e. The summed E-state index contributed by atoms with van der Waals surface area (Å²) in [4.78, 5) is 15.1. The lowest BCUT2D eigenvalue weighted by molar-refractivity contribution is -0.137. The maximum atomic E-state index is 13.5. The smallest absolute Gasteiger partial charge is 0.298 e. The highest BCUT2D eigenvalue weighted by molar-refractivity contribution is 7.90. The molecule has 0 aliphatic carbocycles. The predicted octanol–water partition coefficient (Wildman–Crippen LogP) is 4.49. The average Bonchev–Trinajstić information content (AvgIpc) is 3.14. The van der Waals surface area contributed by atoms with E-state index in [0.29, 0.717) is 15.8 Å². The fourth-order valence-electron chi connectivity index (χ4n) is 2.99. The minimum atomic E-state index is -4.71. The highest BCUT2D eigenvalue weighted by atomic mass is 32.2. The number of rotatable bonds is 6. The number of aldehydes is 1. The summed E-state index contributed by atoms with van der Waals surface area (Å²) in [5, 5.41) is -1.28. The summed E-state index contributed by atoms with van der Waals surface area (Å²) in [5.74, 6) is 0. The van der Waals surface area contributed by atoms with Gasteiger partial charge in [-0.05, 0) is 23.8 Å². The Hall–Kier alpha value is -3.20. The van der Waals surface area contributed by atoms with Crippen LogP contribution in [0.4, 0.5) is 13.2 Å². The first kappa shape index (κ1) is 20.5. The van der Waals surface area contributed by atoms with E-state index in [4.69, 9.17) is 0 Å². The molecule has 29 heavy (non-hydrogen) atoms. The monoisotopic (exact) mass is 420 g/mol. The van der Waals surface area contributed by atoms with Gasteiger partial charge in [0.25, 0.3) is 0 Å². The van der Waals surface area contributed by atoms with E-state index in [1.165, 1.54) is 36.7 Å². The second kappa shape index (κ2) is 7.67. The Labute approximate surface area is 165 Å². The number of hydrogen-bond donors (Lipinski definition) is 0. The van der Waals surface area contributed by atoms with Crippen molar-refractivity contribution >= 4 is 16.3 Å². The van der Waals surface area contributed by atoms with E-state index in [1.54, 1.807) is 0 Å². The lowest BCUT2D eigenvalue weighted by Gasteiger charge is -2.19. The molecule has 1 unspecified atom stereocenters. The highest BCUT2D eigenvalue weighted by Gasteiger charge is 2.36. The molecule has 3 rings (SSSR count). The number of pyridine rings is 1. The van der Waals surface area contributed by atoms with Crippen LogP contribution < -0.4 is 0 Å². The van der Waals surface area contributed by atoms with Crippen molar-refractivity contribution in [2.75, 3.05) is 0 Å². The van der Waals surface area contributed by atoms with E-state index < -0.39 is 27.0 Å². The third-order valence-corrected chi connectivity index (χ3v) is 6.23. The molecule has 0 saturated carbocycles. The molecule has 1 aromatic carbocycles. The van der Waals surface area contributed by atoms with Crippen molar-refractivity contribution in [2.24, 2.45) is 0 Å². The molecule has 0 bridgehead atoms. The van der Waals surface area contributed by atoms with Gasteiger partial charge in [0.1, 0.15) is 5.25 Å². The van der Waals surface area contributed by atoms with Gasteiger partial charge < -0.3 is 0 Å². The first-order chi connectivity index (χ1) is 13.7. The summed E-state index contributed by atoms with van der Waals surface area (Å²) in [6.07, 6.45) is 0.611. The van der Waals surface area contributed by atoms with Gasteiger partial charge in [0.2, 0.25) is 10.0 Å². The molecule has 9 heteroatoms. The van der Waals surface area contributed by atoms with Gasteiger partial charge in [0.15, 0.2) is 6.29 Å². The second-order valence-corrected chi connectivity index (χ2v) is 8.03. The number of carbonyl (C=O) groups is 1. The van der Waals surface area contributed by atoms with Crippen LogP contribution in [0.25, 0.3) is 11.3 Å². The molecule has 0 aliphatic rings. The zero-order valence-corrected chi connectivity index (χ0v) is 15.7. The summed E-state index contributed by atoms with van der Waals surface area (Å²) < 4.78 is 67.8. The molecule has 150 valence electrons. The van der Waals surface area contributed by atoms with E-state index in [0.717, 1.165) is 30.5 Å². The van der Waals surface area contributed by atoms with Crippen molar-refractivity contribution in [3.8, 4) is 11.3 Å². The van der Waals surface area contributed by atoms with E-state index in [1.807, 2.05) is 0 Å². The fraction of sp³-hybridized carbons (Fsp3) is 0.100. The standard InChI is InChI=1S/C20H15F3N2O3S/c1-2-19(15-6-5-9-24-11-15)29(27,28)25-12-14(13-26)10-18(25)16-7-3-4-8-17(16)20(21,22)23/h2-13,19H,1H2. The van der Waals surface area contributed by atoms with Crippen LogP contribution in [0.15, 0.2) is 73.7 Å². The molecular weight excluding hydrogens is 405 g/mol. The molecule has 0 aliphatic heterocycles. The van der Waals surface area contributed by atoms with Crippen LogP contribution in [0.3, 0.4) is 0 Å². The summed E-state index contributed by atoms with van der Waals surface area (Å²) in [6, 6.07) is 8.74. The molecule has 0 N–H and O–H groups in total. The molecule has 0 amide bonds. The molecule has 2 heterocycles. The first-order valence-electron chi connectivity index (χ1n) is 8.31. The first-order valence-corrected chi connectivity index (χ1v) is 9.81. The third kappa shape index (κ3) is 3.86. The maximum absolute atomic E-state index is 13.5. The second-order valence-electron chi connectivity index (χ2n) is 6.10. The third-order valence-electron chi connectivity index (χ3n) is 4.27. The van der Waals surface area contributed by atoms with E-state index in [9.17, 15) is 26.4 Å². The van der Waals surface area contributed by atoms with Crippen LogP contribution in [0.2, 0.25) is 0 Å². The quantitative estimate of drug-likeness (QED) is 0.435. The van der Waals surface area contributed by atoms with Crippen molar-refractivity contribution in [3.05, 3.63) is 90.4 Å². The zero-order valence-electron chi connectivity index (χ0n) is 14.9. The van der Waals surface area contributed by atoms with Crippen LogP contribution in [-0.4, -0.2) is 23.7 Å². The molecule has 0 saturated heterocycles. The molecule has 3 aromatic rings. The van der Waals surface area contributed by atoms with Gasteiger partial charge in [-0.1, -0.05) is 30.3 Å². The minimum absolute atomic E-state index is 0.0745. The Bertz CT molecular complexity index is 1150. The van der Waals surface area contributed by atoms with E-state index in [-0.39, 0.29) is 16.8 Å². The van der Waals surface area contributed by atoms with Gasteiger partial charge >= 0.3 is 6.18 Å². The fourth-order valence-corrected chi connectivity index (χ4v) is 4.65. The van der Waals surface area contributed by atoms with Crippen LogP contribution in [0.5, 0.6) is 0 Å². The van der Waals surface area contributed by atoms with E-state index in [2.05, 4.69) is 11.6 Å². The molecule has 0 spiro atoms. The normalized spacial score (nSPS) is 13.1. The van der Waals surface area contributed by atoms with Crippen LogP contribution in [0.1, 0.15) is 26.7 Å². The predicted molar refractivity (Wildman–Crippen MR) is 102 cm³/mol. The molecule has 0 fully saturated rings. The highest BCUT2D eigenvalue weighted by Crippen LogP contribution is 2.39. The van der Waals surface area contributed by atoms with Crippen molar-refractivity contribution in [1.82, 2.24) is 8.96 Å². The van der Waals surface area contributed by atoms with Crippen molar-refractivity contribution in [3.63, 3.8) is 0 Å². The minimum Gasteiger partial charge on any atom is -0.298 e. The molecular formula is C20H15F3N2O3S. The van der Waals surface area contributed by atoms with E-state index >= 15 is 0 Å². The Morgan fingerprint density at radius 1 is 1.14 bits per heavy atom. The molecule has 0 radical (unpaired) electrons. The number of benzene rings is 1. The van der Waals surface area contributed by atoms with Crippen LogP contribution in [0, 0.1) is 0 Å². The summed E-state index contributed by atoms with van der Waals surface area (Å²) >= 11 is 0. The van der Waals surface area contributed by atoms with Crippen LogP contribution >= 0.6 is 0 Å². The molecule has 5 nitrogen and oxygen atoms in total. The van der Waals surface area contributed by atoms with Gasteiger partial charge in [-0.25, -0.2) is 12.4 Å². The number of carbonyl (C=O) groups excluding carboxylic acids is 1. The number of aromatic nitrogens is 2. The number of alkyl halides is 3. The SMILES string of the molecule is C=CC(c1cccnc1)S(=O)(=O)n1cc(C=O)cc1-c1ccccc1C(F)(F)F. The Morgan fingerprint density at radius 2 is 1.86 bits per heavy atom. The Balaban J connectivity index is 2.27. The van der Waals surface area contributed by atoms with Gasteiger partial charge in [0.05, 0.1) is 11.3 Å². The summed E-state index contributed by atoms with van der Waals surface area (Å²) in [6.45, 7) is 3.55. The summed E-state index contributed by atoms with van der Waals surface area (Å²) in [7, 11) is -4.30. The topological polar surface area (TPSA) is 69.0 Å². The number of halogens is 3. The van der Waals surface area contributed by atoms with Crippen molar-refractivity contribution in [1.29, 1.82) is 0 Å². The molecule has 1 atom stereocenters. The van der Waals surface area contributed by atoms with Crippen molar-refractivity contribution in [2.45, 2.75) is 11.4 Å². The Kier molecular flexibility index (Phi) is 5.43. The van der Waals surface area contributed by atoms with Gasteiger partial charge in [-0.2, -0.15) is 13.2 Å². The van der Waals surface area contributed by atoms with Gasteiger partial charge in [-0.15, -0.1) is 6.58 Å². The zero-order chi connectivity index (χ0) is 21.2. The lowest BCUT2D eigenvalue weighted by Crippen LogP contribution is -2.21. The van der Waals surface area contributed by atoms with Crippen molar-refractivity contribution < 1.29 is 26.4 Å². The number of hydrogen-bond acceptors (Lipinski definition) is 4. The lowest BCUT2D eigenvalue weighted by atomic mass is 10.0. The number of nitrogens with zero attached hydrogens (tertiary/aromatic N) is 2. The molecule has 2 aromatic heterocycles. The van der Waals surface area contributed by atoms with Gasteiger partial charge in [-0.3, -0.25) is 9.78 Å². The van der Waals surface area contributed by atoms with Crippen LogP contribution in [-0.2, 0) is 16.2 Å². The van der Waals surface area contributed by atoms with Gasteiger partial charge in [0, 0.05) is 29.7 Å². The average molecular weight is 420 g/mol. The Morgan fingerprint density at radius 3 is 2.45 bits per heavy atom.